The third kappa shape index (κ3) is 2.61. The Hall–Kier alpha value is -0.430. The summed E-state index contributed by atoms with van der Waals surface area (Å²) in [4.78, 5) is 0.913. The molecule has 1 aliphatic rings. The lowest BCUT2D eigenvalue weighted by atomic mass is 10.0. The van der Waals surface area contributed by atoms with Gasteiger partial charge in [0, 0.05) is 31.0 Å². The monoisotopic (exact) mass is 289 g/mol. The van der Waals surface area contributed by atoms with Crippen molar-refractivity contribution in [1.29, 1.82) is 0 Å². The number of aliphatic hydroxyl groups excluding tert-OH is 1. The highest BCUT2D eigenvalue weighted by Gasteiger charge is 2.35. The molecule has 0 bridgehead atoms. The van der Waals surface area contributed by atoms with Crippen molar-refractivity contribution in [2.75, 3.05) is 19.7 Å². The van der Waals surface area contributed by atoms with Crippen LogP contribution < -0.4 is 0 Å². The molecule has 2 unspecified atom stereocenters. The van der Waals surface area contributed by atoms with Crippen LogP contribution in [0, 0.1) is 11.8 Å². The van der Waals surface area contributed by atoms with E-state index in [1.165, 1.54) is 11.3 Å². The Balaban J connectivity index is 2.20. The van der Waals surface area contributed by atoms with E-state index in [0.717, 1.165) is 4.88 Å². The smallest absolute Gasteiger partial charge is 0.252 e. The van der Waals surface area contributed by atoms with Crippen LogP contribution >= 0.6 is 11.3 Å². The molecule has 0 spiro atoms. The summed E-state index contributed by atoms with van der Waals surface area (Å²) in [5.74, 6) is 0.827. The van der Waals surface area contributed by atoms with Crippen LogP contribution in [0.1, 0.15) is 18.7 Å². The van der Waals surface area contributed by atoms with Crippen molar-refractivity contribution in [2.24, 2.45) is 11.8 Å². The molecule has 1 saturated heterocycles. The first-order valence-corrected chi connectivity index (χ1v) is 8.40. The summed E-state index contributed by atoms with van der Waals surface area (Å²) in [6.45, 7) is 5.45. The molecule has 1 N–H and O–H groups in total. The van der Waals surface area contributed by atoms with Crippen molar-refractivity contribution in [3.8, 4) is 0 Å². The van der Waals surface area contributed by atoms with E-state index in [1.54, 1.807) is 16.4 Å². The fraction of sp³-hybridized carbons (Fsp3) is 0.667. The van der Waals surface area contributed by atoms with Gasteiger partial charge in [0.15, 0.2) is 0 Å². The number of nitrogens with zero attached hydrogens (tertiary/aromatic N) is 1. The lowest BCUT2D eigenvalue weighted by molar-refractivity contribution is 0.300. The number of thiophene rings is 1. The van der Waals surface area contributed by atoms with Gasteiger partial charge >= 0.3 is 0 Å². The molecular weight excluding hydrogens is 270 g/mol. The minimum absolute atomic E-state index is 0.0534. The molecule has 0 aromatic carbocycles. The van der Waals surface area contributed by atoms with Gasteiger partial charge in [0.2, 0.25) is 0 Å². The zero-order valence-corrected chi connectivity index (χ0v) is 12.3. The number of hydrogen-bond acceptors (Lipinski definition) is 4. The molecule has 0 aliphatic carbocycles. The van der Waals surface area contributed by atoms with Crippen LogP contribution in [-0.4, -0.2) is 37.5 Å². The zero-order chi connectivity index (χ0) is 13.3. The first kappa shape index (κ1) is 14.0. The molecule has 1 aromatic heterocycles. The van der Waals surface area contributed by atoms with Crippen molar-refractivity contribution in [3.63, 3.8) is 0 Å². The maximum Gasteiger partial charge on any atom is 0.252 e. The van der Waals surface area contributed by atoms with Gasteiger partial charge in [-0.15, -0.1) is 11.3 Å². The van der Waals surface area contributed by atoms with Gasteiger partial charge in [-0.2, -0.15) is 4.31 Å². The van der Waals surface area contributed by atoms with Crippen LogP contribution in [-0.2, 0) is 16.4 Å². The van der Waals surface area contributed by atoms with Crippen molar-refractivity contribution in [2.45, 2.75) is 24.5 Å². The highest BCUT2D eigenvalue weighted by atomic mass is 32.2. The minimum Gasteiger partial charge on any atom is -0.396 e. The van der Waals surface area contributed by atoms with Gasteiger partial charge < -0.3 is 5.11 Å². The summed E-state index contributed by atoms with van der Waals surface area (Å²) in [6.07, 6.45) is 0.521. The molecule has 0 amide bonds. The van der Waals surface area contributed by atoms with Gasteiger partial charge in [0.25, 0.3) is 10.0 Å². The van der Waals surface area contributed by atoms with Gasteiger partial charge in [0.1, 0.15) is 4.21 Å². The van der Waals surface area contributed by atoms with Crippen LogP contribution in [0.25, 0.3) is 0 Å². The Morgan fingerprint density at radius 1 is 1.33 bits per heavy atom. The van der Waals surface area contributed by atoms with Crippen LogP contribution in [0.2, 0.25) is 0 Å². The molecule has 2 rings (SSSR count). The lowest BCUT2D eigenvalue weighted by Crippen LogP contribution is -2.28. The molecule has 102 valence electrons. The molecule has 2 heterocycles. The third-order valence-electron chi connectivity index (χ3n) is 3.54. The molecule has 18 heavy (non-hydrogen) atoms. The lowest BCUT2D eigenvalue weighted by Gasteiger charge is -2.14. The number of aliphatic hydroxyl groups is 1. The zero-order valence-electron chi connectivity index (χ0n) is 10.7. The van der Waals surface area contributed by atoms with E-state index in [-0.39, 0.29) is 6.61 Å². The second-order valence-corrected chi connectivity index (χ2v) is 8.30. The highest BCUT2D eigenvalue weighted by Crippen LogP contribution is 2.31. The van der Waals surface area contributed by atoms with Crippen molar-refractivity contribution < 1.29 is 13.5 Å². The first-order chi connectivity index (χ1) is 8.45. The summed E-state index contributed by atoms with van der Waals surface area (Å²) >= 11 is 1.26. The van der Waals surface area contributed by atoms with Gasteiger partial charge in [-0.3, -0.25) is 0 Å². The van der Waals surface area contributed by atoms with Gasteiger partial charge in [-0.25, -0.2) is 8.42 Å². The van der Waals surface area contributed by atoms with E-state index in [0.29, 0.717) is 35.6 Å². The Bertz CT molecular complexity index is 499. The molecule has 1 aromatic rings. The SMILES string of the molecule is CC1CN(S(=O)(=O)c2ccc(CCO)s2)CC1C. The second-order valence-electron chi connectivity index (χ2n) is 4.97. The maximum absolute atomic E-state index is 12.4. The standard InChI is InChI=1S/C12H19NO3S2/c1-9-7-13(8-10(9)2)18(15,16)12-4-3-11(17-12)5-6-14/h3-4,9-10,14H,5-8H2,1-2H3. The summed E-state index contributed by atoms with van der Waals surface area (Å²) in [6, 6.07) is 3.44. The van der Waals surface area contributed by atoms with Gasteiger partial charge in [0.05, 0.1) is 0 Å². The van der Waals surface area contributed by atoms with E-state index in [9.17, 15) is 8.42 Å². The second kappa shape index (κ2) is 5.28. The molecule has 6 heteroatoms. The van der Waals surface area contributed by atoms with Crippen LogP contribution in [0.15, 0.2) is 16.3 Å². The Kier molecular flexibility index (Phi) is 4.11. The number of sulfonamides is 1. The molecule has 0 radical (unpaired) electrons. The maximum atomic E-state index is 12.4. The van der Waals surface area contributed by atoms with Crippen LogP contribution in [0.3, 0.4) is 0 Å². The summed E-state index contributed by atoms with van der Waals surface area (Å²) in [5, 5.41) is 8.86. The normalized spacial score (nSPS) is 25.7. The highest BCUT2D eigenvalue weighted by molar-refractivity contribution is 7.91. The quantitative estimate of drug-likeness (QED) is 0.915. The fourth-order valence-electron chi connectivity index (χ4n) is 2.14. The van der Waals surface area contributed by atoms with E-state index in [4.69, 9.17) is 5.11 Å². The summed E-state index contributed by atoms with van der Waals surface area (Å²) in [5.41, 5.74) is 0. The van der Waals surface area contributed by atoms with Crippen molar-refractivity contribution in [1.82, 2.24) is 4.31 Å². The van der Waals surface area contributed by atoms with Crippen LogP contribution in [0.4, 0.5) is 0 Å². The molecule has 4 nitrogen and oxygen atoms in total. The Morgan fingerprint density at radius 2 is 1.94 bits per heavy atom. The largest absolute Gasteiger partial charge is 0.396 e. The predicted octanol–water partition coefficient (Wildman–Crippen LogP) is 1.56. The molecule has 1 aliphatic heterocycles. The summed E-state index contributed by atoms with van der Waals surface area (Å²) < 4.78 is 26.8. The van der Waals surface area contributed by atoms with Gasteiger partial charge in [-0.05, 0) is 24.0 Å². The minimum atomic E-state index is -3.33. The fourth-order valence-corrected chi connectivity index (χ4v) is 5.28. The predicted molar refractivity (Wildman–Crippen MR) is 72.2 cm³/mol. The molecular formula is C12H19NO3S2. The Morgan fingerprint density at radius 3 is 2.50 bits per heavy atom. The molecule has 2 atom stereocenters. The summed E-state index contributed by atoms with van der Waals surface area (Å²) in [7, 11) is -3.33. The van der Waals surface area contributed by atoms with Gasteiger partial charge in [-0.1, -0.05) is 13.8 Å². The average molecular weight is 289 g/mol. The Labute approximate surface area is 112 Å². The third-order valence-corrected chi connectivity index (χ3v) is 6.99. The molecule has 0 saturated carbocycles. The van der Waals surface area contributed by atoms with Crippen molar-refractivity contribution >= 4 is 21.4 Å². The number of rotatable bonds is 4. The van der Waals surface area contributed by atoms with E-state index in [1.807, 2.05) is 0 Å². The first-order valence-electron chi connectivity index (χ1n) is 6.15. The van der Waals surface area contributed by atoms with Crippen molar-refractivity contribution in [3.05, 3.63) is 17.0 Å². The van der Waals surface area contributed by atoms with E-state index >= 15 is 0 Å². The van der Waals surface area contributed by atoms with E-state index in [2.05, 4.69) is 13.8 Å². The topological polar surface area (TPSA) is 57.6 Å². The van der Waals surface area contributed by atoms with E-state index < -0.39 is 10.0 Å². The molecule has 1 fully saturated rings. The van der Waals surface area contributed by atoms with Crippen LogP contribution in [0.5, 0.6) is 0 Å². The number of hydrogen-bond donors (Lipinski definition) is 1. The average Bonchev–Trinajstić information content (AvgIpc) is 2.88.